The predicted molar refractivity (Wildman–Crippen MR) is 68.3 cm³/mol. The van der Waals surface area contributed by atoms with E-state index in [1.54, 1.807) is 0 Å². The van der Waals surface area contributed by atoms with E-state index in [1.165, 1.54) is 0 Å². The van der Waals surface area contributed by atoms with Crippen molar-refractivity contribution in [2.24, 2.45) is 0 Å². The monoisotopic (exact) mass is 368 g/mol. The number of hydrogen-bond donors (Lipinski definition) is 3. The topological polar surface area (TPSA) is 131 Å². The van der Waals surface area contributed by atoms with E-state index in [0.29, 0.717) is 0 Å². The van der Waals surface area contributed by atoms with E-state index in [-0.39, 0.29) is 23.2 Å². The number of nitrogens with one attached hydrogen (secondary N) is 2. The van der Waals surface area contributed by atoms with Crippen molar-refractivity contribution in [2.45, 2.75) is 24.7 Å². The van der Waals surface area contributed by atoms with Gasteiger partial charge in [-0.1, -0.05) is 0 Å². The molecule has 4 atom stereocenters. The van der Waals surface area contributed by atoms with Gasteiger partial charge < -0.3 is 14.6 Å². The Bertz CT molecular complexity index is 700. The minimum Gasteiger partial charge on any atom is -0.363 e. The molecule has 110 valence electrons. The third-order valence-electron chi connectivity index (χ3n) is 3.10. The maximum atomic E-state index is 11.5. The zero-order valence-corrected chi connectivity index (χ0v) is 12.3. The maximum absolute atomic E-state index is 11.5. The Morgan fingerprint density at radius 2 is 2.05 bits per heavy atom. The van der Waals surface area contributed by atoms with Crippen LogP contribution in [0.1, 0.15) is 18.2 Å². The molecule has 0 spiro atoms. The standard InChI is InChI=1S/C9H10BrN2O7P/c10-6-7(11-9(14)12-8(6)13)4-1-3-5(18-4)2-17-20(15,16)19-3/h3-5H,1-2H2,(H,15,16)(H2,11,12,13,14)/t3?,4-,5?/m1/s1. The first-order chi connectivity index (χ1) is 9.35. The Morgan fingerprint density at radius 1 is 1.30 bits per heavy atom. The van der Waals surface area contributed by atoms with Gasteiger partial charge in [-0.2, -0.15) is 0 Å². The Kier molecular flexibility index (Phi) is 3.47. The van der Waals surface area contributed by atoms with Crippen molar-refractivity contribution in [3.8, 4) is 0 Å². The first kappa shape index (κ1) is 14.2. The van der Waals surface area contributed by atoms with Gasteiger partial charge >= 0.3 is 13.5 Å². The molecule has 20 heavy (non-hydrogen) atoms. The number of rotatable bonds is 1. The SMILES string of the molecule is O=c1[nH]c([C@H]2CC3OP(=O)(O)OCC3O2)c(Br)c(=O)[nH]1. The molecule has 0 aromatic carbocycles. The van der Waals surface area contributed by atoms with Gasteiger partial charge in [0.15, 0.2) is 0 Å². The lowest BCUT2D eigenvalue weighted by atomic mass is 10.1. The van der Waals surface area contributed by atoms with Gasteiger partial charge in [0, 0.05) is 6.42 Å². The fourth-order valence-electron chi connectivity index (χ4n) is 2.24. The van der Waals surface area contributed by atoms with Crippen LogP contribution >= 0.6 is 23.8 Å². The van der Waals surface area contributed by atoms with Gasteiger partial charge in [0.25, 0.3) is 5.56 Å². The molecule has 0 radical (unpaired) electrons. The summed E-state index contributed by atoms with van der Waals surface area (Å²) in [5.41, 5.74) is -0.964. The molecular formula is C9H10BrN2O7P. The Morgan fingerprint density at radius 3 is 2.80 bits per heavy atom. The molecule has 0 amide bonds. The average Bonchev–Trinajstić information content (AvgIpc) is 2.74. The first-order valence-corrected chi connectivity index (χ1v) is 7.98. The zero-order chi connectivity index (χ0) is 14.5. The highest BCUT2D eigenvalue weighted by Gasteiger charge is 2.46. The summed E-state index contributed by atoms with van der Waals surface area (Å²) in [5, 5.41) is 0. The first-order valence-electron chi connectivity index (χ1n) is 5.69. The van der Waals surface area contributed by atoms with E-state index in [0.717, 1.165) is 0 Å². The molecule has 3 unspecified atom stereocenters. The fraction of sp³-hybridized carbons (Fsp3) is 0.556. The van der Waals surface area contributed by atoms with Crippen LogP contribution in [-0.4, -0.2) is 33.7 Å². The van der Waals surface area contributed by atoms with Gasteiger partial charge in [-0.15, -0.1) is 0 Å². The lowest BCUT2D eigenvalue weighted by molar-refractivity contribution is -0.0535. The Hall–Kier alpha value is -0.770. The van der Waals surface area contributed by atoms with E-state index >= 15 is 0 Å². The van der Waals surface area contributed by atoms with Crippen LogP contribution in [0.25, 0.3) is 0 Å². The molecule has 2 aliphatic heterocycles. The molecule has 3 N–H and O–H groups in total. The smallest absolute Gasteiger partial charge is 0.363 e. The quantitative estimate of drug-likeness (QED) is 0.602. The molecule has 2 fully saturated rings. The summed E-state index contributed by atoms with van der Waals surface area (Å²) in [4.78, 5) is 36.6. The van der Waals surface area contributed by atoms with Gasteiger partial charge in [0.05, 0.1) is 12.3 Å². The number of hydrogen-bond acceptors (Lipinski definition) is 6. The third-order valence-corrected chi connectivity index (χ3v) is 4.90. The molecule has 1 aromatic rings. The van der Waals surface area contributed by atoms with E-state index in [4.69, 9.17) is 9.26 Å². The maximum Gasteiger partial charge on any atom is 0.472 e. The molecule has 3 rings (SSSR count). The van der Waals surface area contributed by atoms with E-state index in [2.05, 4.69) is 30.4 Å². The predicted octanol–water partition coefficient (Wildman–Crippen LogP) is 0.171. The van der Waals surface area contributed by atoms with Crippen molar-refractivity contribution < 1.29 is 23.2 Å². The van der Waals surface area contributed by atoms with E-state index in [1.807, 2.05) is 0 Å². The molecule has 0 aliphatic carbocycles. The Labute approximate surface area is 120 Å². The Balaban J connectivity index is 1.90. The molecule has 9 nitrogen and oxygen atoms in total. The second kappa shape index (κ2) is 4.90. The van der Waals surface area contributed by atoms with Crippen molar-refractivity contribution in [3.63, 3.8) is 0 Å². The molecule has 3 heterocycles. The largest absolute Gasteiger partial charge is 0.472 e. The van der Waals surface area contributed by atoms with E-state index in [9.17, 15) is 19.0 Å². The highest BCUT2D eigenvalue weighted by atomic mass is 79.9. The normalized spacial score (nSPS) is 36.8. The summed E-state index contributed by atoms with van der Waals surface area (Å²) in [5.74, 6) is 0. The van der Waals surface area contributed by atoms with Crippen LogP contribution in [0.2, 0.25) is 0 Å². The highest BCUT2D eigenvalue weighted by Crippen LogP contribution is 2.53. The lowest BCUT2D eigenvalue weighted by Gasteiger charge is -2.26. The van der Waals surface area contributed by atoms with Crippen LogP contribution in [0.5, 0.6) is 0 Å². The summed E-state index contributed by atoms with van der Waals surface area (Å²) < 4.78 is 26.6. The second-order valence-electron chi connectivity index (χ2n) is 4.44. The van der Waals surface area contributed by atoms with Gasteiger partial charge in [0.2, 0.25) is 0 Å². The van der Waals surface area contributed by atoms with Gasteiger partial charge in [-0.25, -0.2) is 9.36 Å². The second-order valence-corrected chi connectivity index (χ2v) is 6.64. The van der Waals surface area contributed by atoms with E-state index < -0.39 is 37.4 Å². The summed E-state index contributed by atoms with van der Waals surface area (Å²) in [6, 6.07) is 0. The molecule has 2 aliphatic rings. The third kappa shape index (κ3) is 2.54. The molecule has 1 aromatic heterocycles. The van der Waals surface area contributed by atoms with Crippen LogP contribution in [0, 0.1) is 0 Å². The summed E-state index contributed by atoms with van der Waals surface area (Å²) in [6.45, 7) is -0.0833. The molecule has 0 saturated carbocycles. The number of fused-ring (bicyclic) bond motifs is 1. The number of phosphoric ester groups is 1. The van der Waals surface area contributed by atoms with Crippen LogP contribution < -0.4 is 11.2 Å². The van der Waals surface area contributed by atoms with Crippen LogP contribution in [0.4, 0.5) is 0 Å². The van der Waals surface area contributed by atoms with Crippen molar-refractivity contribution in [3.05, 3.63) is 31.0 Å². The number of phosphoric acid groups is 1. The summed E-state index contributed by atoms with van der Waals surface area (Å²) in [6.07, 6.45) is -1.55. The lowest BCUT2D eigenvalue weighted by Crippen LogP contribution is -2.32. The summed E-state index contributed by atoms with van der Waals surface area (Å²) >= 11 is 3.08. The molecular weight excluding hydrogens is 359 g/mol. The number of halogens is 1. The van der Waals surface area contributed by atoms with Crippen LogP contribution in [-0.2, 0) is 18.3 Å². The van der Waals surface area contributed by atoms with Crippen LogP contribution in [0.3, 0.4) is 0 Å². The highest BCUT2D eigenvalue weighted by molar-refractivity contribution is 9.10. The molecule has 0 bridgehead atoms. The van der Waals surface area contributed by atoms with Gasteiger partial charge in [0.1, 0.15) is 22.8 Å². The minimum atomic E-state index is -4.04. The number of aromatic amines is 2. The number of ether oxygens (including phenoxy) is 1. The molecule has 11 heteroatoms. The van der Waals surface area contributed by atoms with Crippen molar-refractivity contribution >= 4 is 23.8 Å². The zero-order valence-electron chi connectivity index (χ0n) is 9.87. The van der Waals surface area contributed by atoms with Crippen LogP contribution in [0.15, 0.2) is 14.1 Å². The van der Waals surface area contributed by atoms with Crippen molar-refractivity contribution in [1.29, 1.82) is 0 Å². The van der Waals surface area contributed by atoms with Gasteiger partial charge in [-0.3, -0.25) is 18.8 Å². The summed E-state index contributed by atoms with van der Waals surface area (Å²) in [7, 11) is -4.04. The van der Waals surface area contributed by atoms with Gasteiger partial charge in [-0.05, 0) is 15.9 Å². The van der Waals surface area contributed by atoms with Crippen molar-refractivity contribution in [2.75, 3.05) is 6.61 Å². The average molecular weight is 369 g/mol. The molecule has 2 saturated heterocycles. The number of aromatic nitrogens is 2. The minimum absolute atomic E-state index is 0.0833. The fourth-order valence-corrected chi connectivity index (χ4v) is 3.65. The number of H-pyrrole nitrogens is 2. The van der Waals surface area contributed by atoms with Crippen molar-refractivity contribution in [1.82, 2.24) is 9.97 Å².